The Kier molecular flexibility index (Phi) is 5.52. The molecule has 1 heterocycles. The van der Waals surface area contributed by atoms with Gasteiger partial charge in [-0.1, -0.05) is 31.1 Å². The third-order valence-corrected chi connectivity index (χ3v) is 5.80. The van der Waals surface area contributed by atoms with Gasteiger partial charge in [0.05, 0.1) is 22.5 Å². The molecule has 2 aromatic rings. The van der Waals surface area contributed by atoms with Gasteiger partial charge in [0.25, 0.3) is 0 Å². The summed E-state index contributed by atoms with van der Waals surface area (Å²) in [5, 5.41) is 25.0. The molecule has 0 amide bonds. The van der Waals surface area contributed by atoms with Crippen molar-refractivity contribution in [1.82, 2.24) is 5.16 Å². The molecular formula is C24H26N2O5. The van der Waals surface area contributed by atoms with Crippen molar-refractivity contribution in [3.63, 3.8) is 0 Å². The minimum atomic E-state index is -0.331. The molecule has 0 atom stereocenters. The van der Waals surface area contributed by atoms with Crippen molar-refractivity contribution < 1.29 is 24.3 Å². The Bertz CT molecular complexity index is 1110. The quantitative estimate of drug-likeness (QED) is 0.669. The van der Waals surface area contributed by atoms with Gasteiger partial charge in [0.2, 0.25) is 0 Å². The Morgan fingerprint density at radius 1 is 1.13 bits per heavy atom. The van der Waals surface area contributed by atoms with Crippen LogP contribution in [0.5, 0.6) is 5.75 Å². The summed E-state index contributed by atoms with van der Waals surface area (Å²) in [6.07, 6.45) is 3.18. The zero-order chi connectivity index (χ0) is 22.2. The maximum Gasteiger partial charge on any atom is 0.168 e. The van der Waals surface area contributed by atoms with Gasteiger partial charge in [0.15, 0.2) is 11.6 Å². The number of hydrogen-bond donors (Lipinski definition) is 2. The summed E-state index contributed by atoms with van der Waals surface area (Å²) in [6, 6.07) is 6.59. The number of aliphatic hydroxyl groups excluding tert-OH is 1. The average Bonchev–Trinajstić information content (AvgIpc) is 3.10. The zero-order valence-electron chi connectivity index (χ0n) is 17.8. The number of allylic oxidation sites excluding steroid dienone is 2. The summed E-state index contributed by atoms with van der Waals surface area (Å²) in [4.78, 5) is 29.8. The first-order valence-corrected chi connectivity index (χ1v) is 10.6. The van der Waals surface area contributed by atoms with Crippen LogP contribution in [0.15, 0.2) is 45.1 Å². The predicted octanol–water partition coefficient (Wildman–Crippen LogP) is 4.81. The van der Waals surface area contributed by atoms with Crippen LogP contribution in [0.3, 0.4) is 0 Å². The summed E-state index contributed by atoms with van der Waals surface area (Å²) in [7, 11) is 0. The lowest BCUT2D eigenvalue weighted by molar-refractivity contribution is -0.117. The SMILES string of the molecule is CC1(C)CC(=O)C(C(CCc2noc3c2C(=O)CCC3)=Nc2ccccc2O)=C(O)C1. The normalized spacial score (nSPS) is 19.0. The van der Waals surface area contributed by atoms with E-state index in [2.05, 4.69) is 10.1 Å². The standard InChI is InChI=1S/C24H26N2O5/c1-24(2)12-19(29)22(20(30)13-24)15(25-14-6-3-4-7-17(14)27)10-11-16-23-18(28)8-5-9-21(23)31-26-16/h3-4,6-7,27,29H,5,8-13H2,1-2H3. The number of carbonyl (C=O) groups excluding carboxylic acids is 2. The van der Waals surface area contributed by atoms with Crippen molar-refractivity contribution in [3.8, 4) is 5.75 Å². The number of carbonyl (C=O) groups is 2. The maximum atomic E-state index is 12.9. The number of aromatic nitrogens is 1. The van der Waals surface area contributed by atoms with Crippen LogP contribution in [0, 0.1) is 5.41 Å². The summed E-state index contributed by atoms with van der Waals surface area (Å²) in [5.41, 5.74) is 1.65. The second-order valence-electron chi connectivity index (χ2n) is 9.01. The fraction of sp³-hybridized carbons (Fsp3) is 0.417. The number of rotatable bonds is 5. The van der Waals surface area contributed by atoms with E-state index in [1.165, 1.54) is 6.07 Å². The molecule has 0 saturated carbocycles. The predicted molar refractivity (Wildman–Crippen MR) is 115 cm³/mol. The van der Waals surface area contributed by atoms with Gasteiger partial charge < -0.3 is 14.7 Å². The molecule has 0 spiro atoms. The number of para-hydroxylation sites is 2. The molecule has 1 aromatic carbocycles. The van der Waals surface area contributed by atoms with Gasteiger partial charge >= 0.3 is 0 Å². The number of aryl methyl sites for hydroxylation is 2. The molecule has 0 unspecified atom stereocenters. The van der Waals surface area contributed by atoms with Crippen molar-refractivity contribution >= 4 is 23.0 Å². The van der Waals surface area contributed by atoms with E-state index in [0.717, 1.165) is 6.42 Å². The number of phenolic OH excluding ortho intramolecular Hbond substituents is 1. The molecule has 0 fully saturated rings. The van der Waals surface area contributed by atoms with Crippen molar-refractivity contribution in [2.24, 2.45) is 10.4 Å². The summed E-state index contributed by atoms with van der Waals surface area (Å²) in [5.74, 6) is 0.449. The largest absolute Gasteiger partial charge is 0.511 e. The number of aliphatic hydroxyl groups is 1. The van der Waals surface area contributed by atoms with Crippen LogP contribution in [0.4, 0.5) is 5.69 Å². The monoisotopic (exact) mass is 422 g/mol. The maximum absolute atomic E-state index is 12.9. The van der Waals surface area contributed by atoms with Crippen LogP contribution in [0.25, 0.3) is 0 Å². The van der Waals surface area contributed by atoms with Gasteiger partial charge in [0, 0.05) is 25.7 Å². The Morgan fingerprint density at radius 3 is 2.65 bits per heavy atom. The van der Waals surface area contributed by atoms with Crippen LogP contribution in [0.2, 0.25) is 0 Å². The summed E-state index contributed by atoms with van der Waals surface area (Å²) >= 11 is 0. The number of aromatic hydroxyl groups is 1. The second kappa shape index (κ2) is 8.13. The van der Waals surface area contributed by atoms with E-state index in [-0.39, 0.29) is 40.5 Å². The zero-order valence-corrected chi connectivity index (χ0v) is 17.8. The Hall–Kier alpha value is -3.22. The number of phenols is 1. The Balaban J connectivity index is 1.71. The van der Waals surface area contributed by atoms with E-state index in [9.17, 15) is 19.8 Å². The van der Waals surface area contributed by atoms with Crippen LogP contribution >= 0.6 is 0 Å². The number of hydrogen-bond acceptors (Lipinski definition) is 7. The smallest absolute Gasteiger partial charge is 0.168 e. The van der Waals surface area contributed by atoms with Crippen LogP contribution < -0.4 is 0 Å². The van der Waals surface area contributed by atoms with Crippen LogP contribution in [0.1, 0.15) is 67.8 Å². The van der Waals surface area contributed by atoms with E-state index in [1.807, 2.05) is 13.8 Å². The van der Waals surface area contributed by atoms with Crippen molar-refractivity contribution in [2.45, 2.75) is 58.8 Å². The van der Waals surface area contributed by atoms with Gasteiger partial charge in [-0.05, 0) is 36.8 Å². The van der Waals surface area contributed by atoms with Crippen molar-refractivity contribution in [2.75, 3.05) is 0 Å². The van der Waals surface area contributed by atoms with E-state index in [0.29, 0.717) is 60.5 Å². The van der Waals surface area contributed by atoms with Gasteiger partial charge in [-0.2, -0.15) is 0 Å². The van der Waals surface area contributed by atoms with Crippen molar-refractivity contribution in [3.05, 3.63) is 52.6 Å². The number of benzene rings is 1. The van der Waals surface area contributed by atoms with E-state index in [1.54, 1.807) is 18.2 Å². The van der Waals surface area contributed by atoms with Crippen LogP contribution in [-0.2, 0) is 17.6 Å². The molecular weight excluding hydrogens is 396 g/mol. The highest BCUT2D eigenvalue weighted by Gasteiger charge is 2.35. The molecule has 2 aliphatic carbocycles. The molecule has 31 heavy (non-hydrogen) atoms. The molecule has 0 radical (unpaired) electrons. The highest BCUT2D eigenvalue weighted by molar-refractivity contribution is 6.24. The molecule has 162 valence electrons. The molecule has 1 aromatic heterocycles. The second-order valence-corrected chi connectivity index (χ2v) is 9.01. The lowest BCUT2D eigenvalue weighted by Gasteiger charge is -2.30. The van der Waals surface area contributed by atoms with Crippen LogP contribution in [-0.4, -0.2) is 32.6 Å². The lowest BCUT2D eigenvalue weighted by Crippen LogP contribution is -2.29. The first kappa shape index (κ1) is 21.0. The molecule has 0 bridgehead atoms. The molecule has 4 rings (SSSR count). The molecule has 7 nitrogen and oxygen atoms in total. The first-order chi connectivity index (χ1) is 14.7. The molecule has 7 heteroatoms. The molecule has 2 N–H and O–H groups in total. The molecule has 0 aliphatic heterocycles. The summed E-state index contributed by atoms with van der Waals surface area (Å²) in [6.45, 7) is 3.87. The minimum absolute atomic E-state index is 0.00804. The number of aliphatic imine (C=N–C) groups is 1. The van der Waals surface area contributed by atoms with Gasteiger partial charge in [-0.3, -0.25) is 9.59 Å². The number of fused-ring (bicyclic) bond motifs is 1. The summed E-state index contributed by atoms with van der Waals surface area (Å²) < 4.78 is 5.36. The minimum Gasteiger partial charge on any atom is -0.511 e. The first-order valence-electron chi connectivity index (χ1n) is 10.6. The molecule has 2 aliphatic rings. The van der Waals surface area contributed by atoms with E-state index >= 15 is 0 Å². The van der Waals surface area contributed by atoms with Gasteiger partial charge in [-0.25, -0.2) is 4.99 Å². The highest BCUT2D eigenvalue weighted by Crippen LogP contribution is 2.38. The number of ketones is 2. The van der Waals surface area contributed by atoms with E-state index in [4.69, 9.17) is 4.52 Å². The highest BCUT2D eigenvalue weighted by atomic mass is 16.5. The third-order valence-electron chi connectivity index (χ3n) is 5.80. The van der Waals surface area contributed by atoms with Gasteiger partial charge in [-0.15, -0.1) is 0 Å². The Labute approximate surface area is 180 Å². The number of Topliss-reactive ketones (excluding diaryl/α,β-unsaturated/α-hetero) is 2. The fourth-order valence-corrected chi connectivity index (χ4v) is 4.35. The topological polar surface area (TPSA) is 113 Å². The van der Waals surface area contributed by atoms with Crippen molar-refractivity contribution in [1.29, 1.82) is 0 Å². The Morgan fingerprint density at radius 2 is 1.90 bits per heavy atom. The average molecular weight is 422 g/mol. The number of nitrogens with zero attached hydrogens (tertiary/aromatic N) is 2. The molecule has 0 saturated heterocycles. The lowest BCUT2D eigenvalue weighted by atomic mass is 9.75. The fourth-order valence-electron chi connectivity index (χ4n) is 4.35. The van der Waals surface area contributed by atoms with E-state index < -0.39 is 0 Å². The van der Waals surface area contributed by atoms with Gasteiger partial charge in [0.1, 0.15) is 23.0 Å². The third kappa shape index (κ3) is 4.31.